The summed E-state index contributed by atoms with van der Waals surface area (Å²) in [7, 11) is 0. The molecule has 0 aliphatic carbocycles. The van der Waals surface area contributed by atoms with E-state index in [2.05, 4.69) is 0 Å². The van der Waals surface area contributed by atoms with Crippen LogP contribution in [-0.4, -0.2) is 34.0 Å². The first kappa shape index (κ1) is 12.2. The molecular weight excluding hydrogens is 218 g/mol. The molecule has 2 atom stereocenters. The standard InChI is InChI=1S/C13H19NO3/c1-9(15)11-4-3-10(7-12(11)16)14-6-5-13(2,17)8-14/h3-4,7,9,15-17H,5-6,8H2,1-2H3. The van der Waals surface area contributed by atoms with Crippen molar-refractivity contribution in [1.29, 1.82) is 0 Å². The lowest BCUT2D eigenvalue weighted by Gasteiger charge is -2.21. The zero-order valence-electron chi connectivity index (χ0n) is 10.2. The first-order chi connectivity index (χ1) is 7.89. The molecule has 1 aromatic rings. The second-order valence-electron chi connectivity index (χ2n) is 5.09. The predicted molar refractivity (Wildman–Crippen MR) is 66.2 cm³/mol. The largest absolute Gasteiger partial charge is 0.507 e. The quantitative estimate of drug-likeness (QED) is 0.727. The normalized spacial score (nSPS) is 26.2. The van der Waals surface area contributed by atoms with E-state index in [1.807, 2.05) is 17.9 Å². The molecule has 17 heavy (non-hydrogen) atoms. The number of β-amino-alcohol motifs (C(OH)–C–C–N with tert-alkyl or cyclic N) is 1. The van der Waals surface area contributed by atoms with Crippen LogP contribution in [0.2, 0.25) is 0 Å². The summed E-state index contributed by atoms with van der Waals surface area (Å²) in [6, 6.07) is 5.23. The number of rotatable bonds is 2. The van der Waals surface area contributed by atoms with Crippen LogP contribution in [0, 0.1) is 0 Å². The van der Waals surface area contributed by atoms with Crippen molar-refractivity contribution in [2.24, 2.45) is 0 Å². The van der Waals surface area contributed by atoms with Gasteiger partial charge in [0.1, 0.15) is 5.75 Å². The summed E-state index contributed by atoms with van der Waals surface area (Å²) in [6.45, 7) is 4.79. The number of hydrogen-bond donors (Lipinski definition) is 3. The molecule has 0 radical (unpaired) electrons. The summed E-state index contributed by atoms with van der Waals surface area (Å²) in [5, 5.41) is 29.1. The van der Waals surface area contributed by atoms with E-state index in [-0.39, 0.29) is 5.75 Å². The van der Waals surface area contributed by atoms with Crippen molar-refractivity contribution < 1.29 is 15.3 Å². The van der Waals surface area contributed by atoms with E-state index in [1.54, 1.807) is 19.1 Å². The van der Waals surface area contributed by atoms with Gasteiger partial charge in [-0.3, -0.25) is 0 Å². The molecule has 0 saturated carbocycles. The van der Waals surface area contributed by atoms with Gasteiger partial charge in [0, 0.05) is 30.4 Å². The molecular formula is C13H19NO3. The lowest BCUT2D eigenvalue weighted by molar-refractivity contribution is 0.0839. The zero-order valence-corrected chi connectivity index (χ0v) is 10.2. The molecule has 0 aromatic heterocycles. The van der Waals surface area contributed by atoms with E-state index < -0.39 is 11.7 Å². The summed E-state index contributed by atoms with van der Waals surface area (Å²) in [6.07, 6.45) is 0.0528. The fourth-order valence-corrected chi connectivity index (χ4v) is 2.25. The Bertz CT molecular complexity index is 415. The van der Waals surface area contributed by atoms with Crippen molar-refractivity contribution in [1.82, 2.24) is 0 Å². The van der Waals surface area contributed by atoms with Crippen molar-refractivity contribution in [2.75, 3.05) is 18.0 Å². The van der Waals surface area contributed by atoms with Crippen molar-refractivity contribution >= 4 is 5.69 Å². The van der Waals surface area contributed by atoms with Crippen molar-refractivity contribution in [3.8, 4) is 5.75 Å². The third kappa shape index (κ3) is 2.53. The van der Waals surface area contributed by atoms with Gasteiger partial charge in [-0.1, -0.05) is 6.07 Å². The molecule has 1 fully saturated rings. The Morgan fingerprint density at radius 3 is 2.59 bits per heavy atom. The van der Waals surface area contributed by atoms with E-state index in [4.69, 9.17) is 0 Å². The minimum atomic E-state index is -0.675. The Morgan fingerprint density at radius 2 is 2.12 bits per heavy atom. The van der Waals surface area contributed by atoms with Gasteiger partial charge in [0.15, 0.2) is 0 Å². The van der Waals surface area contributed by atoms with E-state index in [0.717, 1.165) is 18.7 Å². The van der Waals surface area contributed by atoms with Crippen LogP contribution in [0.3, 0.4) is 0 Å². The molecule has 1 aliphatic rings. The van der Waals surface area contributed by atoms with Gasteiger partial charge in [0.2, 0.25) is 0 Å². The van der Waals surface area contributed by atoms with Crippen molar-refractivity contribution in [3.63, 3.8) is 0 Å². The van der Waals surface area contributed by atoms with Crippen molar-refractivity contribution in [2.45, 2.75) is 32.0 Å². The van der Waals surface area contributed by atoms with Crippen molar-refractivity contribution in [3.05, 3.63) is 23.8 Å². The van der Waals surface area contributed by atoms with Gasteiger partial charge in [-0.05, 0) is 26.3 Å². The Hall–Kier alpha value is -1.26. The van der Waals surface area contributed by atoms with Gasteiger partial charge in [-0.2, -0.15) is 0 Å². The third-order valence-electron chi connectivity index (χ3n) is 3.28. The molecule has 1 aliphatic heterocycles. The number of benzene rings is 1. The van der Waals surface area contributed by atoms with Gasteiger partial charge in [-0.15, -0.1) is 0 Å². The number of aliphatic hydroxyl groups excluding tert-OH is 1. The number of hydrogen-bond acceptors (Lipinski definition) is 4. The molecule has 0 bridgehead atoms. The Balaban J connectivity index is 2.21. The molecule has 3 N–H and O–H groups in total. The highest BCUT2D eigenvalue weighted by Gasteiger charge is 2.31. The summed E-state index contributed by atoms with van der Waals surface area (Å²) in [5.74, 6) is 0.101. The summed E-state index contributed by atoms with van der Waals surface area (Å²) >= 11 is 0. The third-order valence-corrected chi connectivity index (χ3v) is 3.28. The first-order valence-corrected chi connectivity index (χ1v) is 5.87. The summed E-state index contributed by atoms with van der Waals surface area (Å²) < 4.78 is 0. The minimum Gasteiger partial charge on any atom is -0.507 e. The molecule has 1 aromatic carbocycles. The number of aliphatic hydroxyl groups is 2. The number of aromatic hydroxyl groups is 1. The molecule has 0 amide bonds. The molecule has 1 saturated heterocycles. The number of phenols is 1. The van der Waals surface area contributed by atoms with E-state index in [1.165, 1.54) is 0 Å². The average molecular weight is 237 g/mol. The van der Waals surface area contributed by atoms with Crippen LogP contribution in [0.1, 0.15) is 31.9 Å². The SMILES string of the molecule is CC(O)c1ccc(N2CCC(C)(O)C2)cc1O. The van der Waals surface area contributed by atoms with Gasteiger partial charge in [0.25, 0.3) is 0 Å². The maximum Gasteiger partial charge on any atom is 0.123 e. The highest BCUT2D eigenvalue weighted by molar-refractivity contribution is 5.54. The van der Waals surface area contributed by atoms with Gasteiger partial charge >= 0.3 is 0 Å². The van der Waals surface area contributed by atoms with Crippen LogP contribution in [0.25, 0.3) is 0 Å². The summed E-state index contributed by atoms with van der Waals surface area (Å²) in [4.78, 5) is 2.03. The average Bonchev–Trinajstić information content (AvgIpc) is 2.58. The topological polar surface area (TPSA) is 63.9 Å². The highest BCUT2D eigenvalue weighted by Crippen LogP contribution is 2.32. The van der Waals surface area contributed by atoms with Crippen LogP contribution in [0.15, 0.2) is 18.2 Å². The maximum atomic E-state index is 9.89. The number of nitrogens with zero attached hydrogens (tertiary/aromatic N) is 1. The fourth-order valence-electron chi connectivity index (χ4n) is 2.25. The van der Waals surface area contributed by atoms with E-state index in [0.29, 0.717) is 12.1 Å². The fraction of sp³-hybridized carbons (Fsp3) is 0.538. The number of anilines is 1. The van der Waals surface area contributed by atoms with Crippen LogP contribution < -0.4 is 4.90 Å². The van der Waals surface area contributed by atoms with E-state index >= 15 is 0 Å². The molecule has 94 valence electrons. The minimum absolute atomic E-state index is 0.101. The molecule has 2 rings (SSSR count). The van der Waals surface area contributed by atoms with Gasteiger partial charge < -0.3 is 20.2 Å². The zero-order chi connectivity index (χ0) is 12.6. The molecule has 2 unspecified atom stereocenters. The van der Waals surface area contributed by atoms with Gasteiger partial charge in [-0.25, -0.2) is 0 Å². The van der Waals surface area contributed by atoms with Gasteiger partial charge in [0.05, 0.1) is 11.7 Å². The Kier molecular flexibility index (Phi) is 3.02. The van der Waals surface area contributed by atoms with Crippen LogP contribution >= 0.6 is 0 Å². The molecule has 4 heteroatoms. The lowest BCUT2D eigenvalue weighted by atomic mass is 10.1. The van der Waals surface area contributed by atoms with Crippen LogP contribution in [0.5, 0.6) is 5.75 Å². The lowest BCUT2D eigenvalue weighted by Crippen LogP contribution is -2.29. The van der Waals surface area contributed by atoms with E-state index in [9.17, 15) is 15.3 Å². The second-order valence-corrected chi connectivity index (χ2v) is 5.09. The summed E-state index contributed by atoms with van der Waals surface area (Å²) in [5.41, 5.74) is 0.753. The van der Waals surface area contributed by atoms with Crippen LogP contribution in [0.4, 0.5) is 5.69 Å². The maximum absolute atomic E-state index is 9.89. The highest BCUT2D eigenvalue weighted by atomic mass is 16.3. The first-order valence-electron chi connectivity index (χ1n) is 5.87. The molecule has 1 heterocycles. The predicted octanol–water partition coefficient (Wildman–Crippen LogP) is 1.41. The molecule has 0 spiro atoms. The molecule has 4 nitrogen and oxygen atoms in total. The monoisotopic (exact) mass is 237 g/mol. The Morgan fingerprint density at radius 1 is 1.41 bits per heavy atom. The van der Waals surface area contributed by atoms with Crippen LogP contribution in [-0.2, 0) is 0 Å². The number of phenolic OH excluding ortho intramolecular Hbond substituents is 1. The second kappa shape index (κ2) is 4.20. The Labute approximate surface area is 101 Å². The smallest absolute Gasteiger partial charge is 0.123 e.